The van der Waals surface area contributed by atoms with E-state index in [9.17, 15) is 19.5 Å². The molecule has 0 saturated carbocycles. The molecule has 1 heterocycles. The molecule has 0 fully saturated rings. The molecule has 1 N–H and O–H groups in total. The summed E-state index contributed by atoms with van der Waals surface area (Å²) in [6, 6.07) is 24.1. The summed E-state index contributed by atoms with van der Waals surface area (Å²) in [6.07, 6.45) is 0.684. The number of imide groups is 1. The third-order valence-corrected chi connectivity index (χ3v) is 5.57. The van der Waals surface area contributed by atoms with E-state index >= 15 is 0 Å². The first-order chi connectivity index (χ1) is 15.5. The summed E-state index contributed by atoms with van der Waals surface area (Å²) < 4.78 is 5.71. The molecule has 0 bridgehead atoms. The molecular weight excluding hydrogens is 406 g/mol. The topological polar surface area (TPSA) is 83.9 Å². The Labute approximate surface area is 186 Å². The molecule has 4 rings (SSSR count). The van der Waals surface area contributed by atoms with Crippen LogP contribution in [0.5, 0.6) is 5.75 Å². The Kier molecular flexibility index (Phi) is 6.31. The van der Waals surface area contributed by atoms with Gasteiger partial charge in [0.05, 0.1) is 17.0 Å². The Morgan fingerprint density at radius 2 is 1.38 bits per heavy atom. The zero-order valence-corrected chi connectivity index (χ0v) is 17.4. The van der Waals surface area contributed by atoms with Gasteiger partial charge in [0.1, 0.15) is 12.4 Å². The van der Waals surface area contributed by atoms with Crippen molar-refractivity contribution in [2.24, 2.45) is 5.92 Å². The molecule has 6 nitrogen and oxygen atoms in total. The van der Waals surface area contributed by atoms with E-state index in [0.29, 0.717) is 29.7 Å². The van der Waals surface area contributed by atoms with Gasteiger partial charge in [0.25, 0.3) is 11.8 Å². The van der Waals surface area contributed by atoms with Gasteiger partial charge in [-0.15, -0.1) is 0 Å². The molecule has 0 saturated heterocycles. The number of benzene rings is 3. The number of rotatable bonds is 9. The molecule has 32 heavy (non-hydrogen) atoms. The van der Waals surface area contributed by atoms with Crippen LogP contribution in [0.15, 0.2) is 78.9 Å². The number of ether oxygens (including phenoxy) is 1. The highest BCUT2D eigenvalue weighted by molar-refractivity contribution is 6.21. The Bertz CT molecular complexity index is 1090. The summed E-state index contributed by atoms with van der Waals surface area (Å²) in [5.74, 6) is -1.76. The second-order valence-corrected chi connectivity index (χ2v) is 7.69. The molecule has 0 radical (unpaired) electrons. The highest BCUT2D eigenvalue weighted by atomic mass is 16.5. The number of fused-ring (bicyclic) bond motifs is 1. The van der Waals surface area contributed by atoms with Gasteiger partial charge in [-0.1, -0.05) is 54.6 Å². The Balaban J connectivity index is 1.30. The summed E-state index contributed by atoms with van der Waals surface area (Å²) in [5.41, 5.74) is 2.94. The van der Waals surface area contributed by atoms with Crippen molar-refractivity contribution in [2.45, 2.75) is 12.8 Å². The minimum absolute atomic E-state index is 0.0160. The highest BCUT2D eigenvalue weighted by Gasteiger charge is 2.34. The SMILES string of the molecule is O=C(O)C(CCCN1C(=O)c2ccccc2C1=O)COc1ccc(-c2ccccc2)cc1. The molecule has 0 aromatic heterocycles. The first kappa shape index (κ1) is 21.3. The van der Waals surface area contributed by atoms with Gasteiger partial charge in [-0.3, -0.25) is 19.3 Å². The number of carboxylic acids is 1. The maximum Gasteiger partial charge on any atom is 0.309 e. The molecule has 1 aliphatic rings. The number of nitrogens with zero attached hydrogens (tertiary/aromatic N) is 1. The molecule has 3 aromatic carbocycles. The number of carbonyl (C=O) groups is 3. The molecule has 1 atom stereocenters. The molecule has 2 amide bonds. The van der Waals surface area contributed by atoms with Gasteiger partial charge in [-0.2, -0.15) is 0 Å². The first-order valence-corrected chi connectivity index (χ1v) is 10.5. The quantitative estimate of drug-likeness (QED) is 0.506. The van der Waals surface area contributed by atoms with Crippen molar-refractivity contribution in [1.82, 2.24) is 4.90 Å². The van der Waals surface area contributed by atoms with Crippen LogP contribution < -0.4 is 4.74 Å². The molecule has 0 spiro atoms. The predicted molar refractivity (Wildman–Crippen MR) is 120 cm³/mol. The molecule has 3 aromatic rings. The lowest BCUT2D eigenvalue weighted by atomic mass is 10.0. The van der Waals surface area contributed by atoms with Crippen LogP contribution in [-0.4, -0.2) is 40.9 Å². The van der Waals surface area contributed by atoms with Crippen molar-refractivity contribution in [3.63, 3.8) is 0 Å². The highest BCUT2D eigenvalue weighted by Crippen LogP contribution is 2.24. The van der Waals surface area contributed by atoms with E-state index in [-0.39, 0.29) is 25.0 Å². The van der Waals surface area contributed by atoms with Crippen molar-refractivity contribution >= 4 is 17.8 Å². The fourth-order valence-electron chi connectivity index (χ4n) is 3.79. The third kappa shape index (κ3) is 4.54. The monoisotopic (exact) mass is 429 g/mol. The van der Waals surface area contributed by atoms with Gasteiger partial charge in [0, 0.05) is 6.54 Å². The average molecular weight is 429 g/mol. The molecule has 1 unspecified atom stereocenters. The Morgan fingerprint density at radius 3 is 1.97 bits per heavy atom. The number of amides is 2. The third-order valence-electron chi connectivity index (χ3n) is 5.57. The standard InChI is InChI=1S/C26H23NO5/c28-24-22-10-4-5-11-23(22)25(29)27(24)16-6-9-20(26(30)31)17-32-21-14-12-19(13-15-21)18-7-2-1-3-8-18/h1-5,7-8,10-15,20H,6,9,16-17H2,(H,30,31). The lowest BCUT2D eigenvalue weighted by molar-refractivity contribution is -0.143. The minimum atomic E-state index is -0.965. The maximum atomic E-state index is 12.4. The summed E-state index contributed by atoms with van der Waals surface area (Å²) in [4.78, 5) is 37.7. The largest absolute Gasteiger partial charge is 0.493 e. The van der Waals surface area contributed by atoms with Crippen molar-refractivity contribution in [3.05, 3.63) is 90.0 Å². The number of aliphatic carboxylic acids is 1. The van der Waals surface area contributed by atoms with Gasteiger partial charge in [0.2, 0.25) is 0 Å². The number of carboxylic acid groups (broad SMARTS) is 1. The van der Waals surface area contributed by atoms with Crippen molar-refractivity contribution < 1.29 is 24.2 Å². The van der Waals surface area contributed by atoms with E-state index in [1.807, 2.05) is 54.6 Å². The van der Waals surface area contributed by atoms with Crippen LogP contribution in [-0.2, 0) is 4.79 Å². The summed E-state index contributed by atoms with van der Waals surface area (Å²) in [7, 11) is 0. The molecule has 1 aliphatic heterocycles. The first-order valence-electron chi connectivity index (χ1n) is 10.5. The maximum absolute atomic E-state index is 12.4. The van der Waals surface area contributed by atoms with Gasteiger partial charge in [0.15, 0.2) is 0 Å². The molecule has 6 heteroatoms. The fraction of sp³-hybridized carbons (Fsp3) is 0.192. The molecular formula is C26H23NO5. The summed E-state index contributed by atoms with van der Waals surface area (Å²) in [6.45, 7) is 0.198. The van der Waals surface area contributed by atoms with E-state index in [4.69, 9.17) is 4.74 Å². The number of hydrogen-bond acceptors (Lipinski definition) is 4. The second kappa shape index (κ2) is 9.47. The predicted octanol–water partition coefficient (Wildman–Crippen LogP) is 4.51. The van der Waals surface area contributed by atoms with E-state index in [1.54, 1.807) is 24.3 Å². The number of hydrogen-bond donors (Lipinski definition) is 1. The van der Waals surface area contributed by atoms with Crippen molar-refractivity contribution in [1.29, 1.82) is 0 Å². The van der Waals surface area contributed by atoms with Crippen molar-refractivity contribution in [3.8, 4) is 16.9 Å². The molecule has 0 aliphatic carbocycles. The Morgan fingerprint density at radius 1 is 0.812 bits per heavy atom. The van der Waals surface area contributed by atoms with Gasteiger partial charge in [-0.05, 0) is 48.2 Å². The van der Waals surface area contributed by atoms with Crippen molar-refractivity contribution in [2.75, 3.05) is 13.2 Å². The van der Waals surface area contributed by atoms with Gasteiger partial charge >= 0.3 is 5.97 Å². The van der Waals surface area contributed by atoms with Crippen LogP contribution in [0.3, 0.4) is 0 Å². The van der Waals surface area contributed by atoms with Gasteiger partial charge < -0.3 is 9.84 Å². The van der Waals surface area contributed by atoms with Crippen LogP contribution in [0.2, 0.25) is 0 Å². The minimum Gasteiger partial charge on any atom is -0.493 e. The normalized spacial score (nSPS) is 13.7. The van der Waals surface area contributed by atoms with Crippen LogP contribution in [0.25, 0.3) is 11.1 Å². The van der Waals surface area contributed by atoms with Crippen LogP contribution >= 0.6 is 0 Å². The zero-order valence-electron chi connectivity index (χ0n) is 17.4. The van der Waals surface area contributed by atoms with Gasteiger partial charge in [-0.25, -0.2) is 0 Å². The van der Waals surface area contributed by atoms with E-state index < -0.39 is 11.9 Å². The lowest BCUT2D eigenvalue weighted by Gasteiger charge is -2.17. The van der Waals surface area contributed by atoms with Crippen LogP contribution in [0.1, 0.15) is 33.6 Å². The van der Waals surface area contributed by atoms with E-state index in [0.717, 1.165) is 11.1 Å². The van der Waals surface area contributed by atoms with E-state index in [1.165, 1.54) is 4.90 Å². The van der Waals surface area contributed by atoms with Crippen LogP contribution in [0.4, 0.5) is 0 Å². The van der Waals surface area contributed by atoms with E-state index in [2.05, 4.69) is 0 Å². The average Bonchev–Trinajstić information content (AvgIpc) is 3.07. The summed E-state index contributed by atoms with van der Waals surface area (Å²) in [5, 5.41) is 9.55. The zero-order chi connectivity index (χ0) is 22.5. The fourth-order valence-corrected chi connectivity index (χ4v) is 3.79. The molecule has 162 valence electrons. The smallest absolute Gasteiger partial charge is 0.309 e. The summed E-state index contributed by atoms with van der Waals surface area (Å²) >= 11 is 0. The lowest BCUT2D eigenvalue weighted by Crippen LogP contribution is -2.31. The van der Waals surface area contributed by atoms with Crippen LogP contribution in [0, 0.1) is 5.92 Å². The Hall–Kier alpha value is -3.93. The number of carbonyl (C=O) groups excluding carboxylic acids is 2. The second-order valence-electron chi connectivity index (χ2n) is 7.69.